The van der Waals surface area contributed by atoms with Crippen LogP contribution in [0.2, 0.25) is 0 Å². The highest BCUT2D eigenvalue weighted by atomic mass is 16.1. The number of guanidine groups is 1. The molecule has 0 bridgehead atoms. The van der Waals surface area contributed by atoms with Gasteiger partial charge in [-0.15, -0.1) is 0 Å². The fraction of sp³-hybridized carbons (Fsp3) is 0.556. The van der Waals surface area contributed by atoms with Gasteiger partial charge in [-0.05, 0) is 12.8 Å². The van der Waals surface area contributed by atoms with Crippen LogP contribution in [0, 0.1) is 5.41 Å². The minimum Gasteiger partial charge on any atom is -0.340 e. The number of hydrogen-bond acceptors (Lipinski definition) is 2. The minimum absolute atomic E-state index is 0.297. The number of nitrogens with one attached hydrogen (secondary N) is 1. The average Bonchev–Trinajstić information content (AvgIpc) is 2.31. The Morgan fingerprint density at radius 2 is 2.36 bits per heavy atom. The molecular weight excluding hydrogens is 177 g/mol. The maximum absolute atomic E-state index is 10.5. The van der Waals surface area contributed by atoms with Crippen LogP contribution in [0.15, 0.2) is 12.3 Å². The van der Waals surface area contributed by atoms with E-state index in [2.05, 4.69) is 6.58 Å². The SMILES string of the molecule is [B]C(=O)CCCN1C(=C)CN(C)C1=N. The quantitative estimate of drug-likeness (QED) is 0.643. The van der Waals surface area contributed by atoms with Crippen LogP contribution in [0.5, 0.6) is 0 Å². The minimum atomic E-state index is -0.297. The van der Waals surface area contributed by atoms with Gasteiger partial charge in [0, 0.05) is 19.3 Å². The first-order chi connectivity index (χ1) is 6.52. The van der Waals surface area contributed by atoms with Crippen LogP contribution in [0.4, 0.5) is 0 Å². The molecular formula is C9H14BN3O. The zero-order valence-corrected chi connectivity index (χ0v) is 8.42. The molecule has 0 amide bonds. The molecule has 1 aliphatic rings. The van der Waals surface area contributed by atoms with E-state index in [-0.39, 0.29) is 5.68 Å². The molecule has 1 aliphatic heterocycles. The van der Waals surface area contributed by atoms with Crippen LogP contribution in [0.1, 0.15) is 12.8 Å². The van der Waals surface area contributed by atoms with E-state index in [1.54, 1.807) is 0 Å². The fourth-order valence-electron chi connectivity index (χ4n) is 1.47. The first kappa shape index (κ1) is 10.8. The van der Waals surface area contributed by atoms with Crippen molar-refractivity contribution in [2.45, 2.75) is 12.8 Å². The topological polar surface area (TPSA) is 47.4 Å². The van der Waals surface area contributed by atoms with Gasteiger partial charge in [0.15, 0.2) is 13.8 Å². The van der Waals surface area contributed by atoms with E-state index in [4.69, 9.17) is 13.3 Å². The summed E-state index contributed by atoms with van der Waals surface area (Å²) in [6.07, 6.45) is 1.03. The number of carbonyl (C=O) groups is 1. The second kappa shape index (κ2) is 4.31. The molecule has 74 valence electrons. The lowest BCUT2D eigenvalue weighted by atomic mass is 9.98. The van der Waals surface area contributed by atoms with Crippen LogP contribution in [-0.4, -0.2) is 49.4 Å². The third kappa shape index (κ3) is 2.37. The van der Waals surface area contributed by atoms with Crippen molar-refractivity contribution in [3.8, 4) is 0 Å². The van der Waals surface area contributed by atoms with E-state index in [0.29, 0.717) is 31.9 Å². The van der Waals surface area contributed by atoms with Crippen molar-refractivity contribution in [2.75, 3.05) is 20.1 Å². The van der Waals surface area contributed by atoms with Gasteiger partial charge in [-0.3, -0.25) is 5.41 Å². The average molecular weight is 191 g/mol. The molecule has 1 saturated heterocycles. The largest absolute Gasteiger partial charge is 0.340 e. The molecule has 1 rings (SSSR count). The normalized spacial score (nSPS) is 16.6. The molecule has 2 radical (unpaired) electrons. The van der Waals surface area contributed by atoms with Gasteiger partial charge in [-0.2, -0.15) is 0 Å². The highest BCUT2D eigenvalue weighted by molar-refractivity contribution is 6.57. The molecule has 14 heavy (non-hydrogen) atoms. The lowest BCUT2D eigenvalue weighted by molar-refractivity contribution is -0.111. The third-order valence-electron chi connectivity index (χ3n) is 2.22. The number of rotatable bonds is 4. The summed E-state index contributed by atoms with van der Waals surface area (Å²) in [4.78, 5) is 14.1. The predicted molar refractivity (Wildman–Crippen MR) is 56.2 cm³/mol. The molecule has 4 nitrogen and oxygen atoms in total. The van der Waals surface area contributed by atoms with Crippen molar-refractivity contribution in [3.63, 3.8) is 0 Å². The molecule has 0 aromatic rings. The molecule has 0 saturated carbocycles. The first-order valence-corrected chi connectivity index (χ1v) is 4.55. The maximum Gasteiger partial charge on any atom is 0.198 e. The van der Waals surface area contributed by atoms with Gasteiger partial charge in [0.05, 0.1) is 12.2 Å². The molecule has 1 fully saturated rings. The fourth-order valence-corrected chi connectivity index (χ4v) is 1.47. The van der Waals surface area contributed by atoms with Crippen molar-refractivity contribution < 1.29 is 4.79 Å². The Balaban J connectivity index is 2.41. The smallest absolute Gasteiger partial charge is 0.198 e. The van der Waals surface area contributed by atoms with Crippen molar-refractivity contribution in [2.24, 2.45) is 0 Å². The van der Waals surface area contributed by atoms with Gasteiger partial charge >= 0.3 is 0 Å². The summed E-state index contributed by atoms with van der Waals surface area (Å²) >= 11 is 0. The number of hydrogen-bond donors (Lipinski definition) is 1. The lowest BCUT2D eigenvalue weighted by Crippen LogP contribution is -2.30. The van der Waals surface area contributed by atoms with E-state index >= 15 is 0 Å². The summed E-state index contributed by atoms with van der Waals surface area (Å²) in [6.45, 7) is 5.20. The van der Waals surface area contributed by atoms with Gasteiger partial charge in [-0.25, -0.2) is 0 Å². The number of carbonyl (C=O) groups excluding carboxylic acids is 1. The zero-order chi connectivity index (χ0) is 10.7. The van der Waals surface area contributed by atoms with Crippen molar-refractivity contribution in [1.29, 1.82) is 5.41 Å². The molecule has 0 aliphatic carbocycles. The van der Waals surface area contributed by atoms with Gasteiger partial charge in [0.2, 0.25) is 0 Å². The Morgan fingerprint density at radius 3 is 2.79 bits per heavy atom. The van der Waals surface area contributed by atoms with Crippen molar-refractivity contribution in [3.05, 3.63) is 12.3 Å². The maximum atomic E-state index is 10.5. The van der Waals surface area contributed by atoms with E-state index in [1.807, 2.05) is 16.8 Å². The number of nitrogens with zero attached hydrogens (tertiary/aromatic N) is 2. The Bertz CT molecular complexity index is 277. The van der Waals surface area contributed by atoms with E-state index in [0.717, 1.165) is 5.70 Å². The molecule has 0 atom stereocenters. The highest BCUT2D eigenvalue weighted by Gasteiger charge is 2.24. The molecule has 0 aromatic heterocycles. The lowest BCUT2D eigenvalue weighted by Gasteiger charge is -2.18. The standard InChI is InChI=1S/C9H14BN3O/c1-7-6-12(2)9(11)13(7)5-3-4-8(10)14/h11H,1,3-6H2,2H3. The Hall–Kier alpha value is -1.26. The van der Waals surface area contributed by atoms with Crippen LogP contribution < -0.4 is 0 Å². The van der Waals surface area contributed by atoms with Crippen LogP contribution in [0.3, 0.4) is 0 Å². The van der Waals surface area contributed by atoms with E-state index in [1.165, 1.54) is 0 Å². The van der Waals surface area contributed by atoms with Crippen LogP contribution in [0.25, 0.3) is 0 Å². The Labute approximate surface area is 85.5 Å². The monoisotopic (exact) mass is 191 g/mol. The second-order valence-corrected chi connectivity index (χ2v) is 3.47. The van der Waals surface area contributed by atoms with Crippen LogP contribution >= 0.6 is 0 Å². The highest BCUT2D eigenvalue weighted by Crippen LogP contribution is 2.15. The third-order valence-corrected chi connectivity index (χ3v) is 2.22. The molecule has 1 heterocycles. The Morgan fingerprint density at radius 1 is 1.71 bits per heavy atom. The summed E-state index contributed by atoms with van der Waals surface area (Å²) in [7, 11) is 6.88. The van der Waals surface area contributed by atoms with Crippen LogP contribution in [-0.2, 0) is 4.79 Å². The molecule has 0 spiro atoms. The summed E-state index contributed by atoms with van der Waals surface area (Å²) in [5.41, 5.74) is 0.608. The van der Waals surface area contributed by atoms with Gasteiger partial charge < -0.3 is 14.6 Å². The van der Waals surface area contributed by atoms with Gasteiger partial charge in [0.25, 0.3) is 0 Å². The molecule has 0 unspecified atom stereocenters. The predicted octanol–water partition coefficient (Wildman–Crippen LogP) is 0.158. The van der Waals surface area contributed by atoms with Crippen molar-refractivity contribution in [1.82, 2.24) is 9.80 Å². The van der Waals surface area contributed by atoms with Gasteiger partial charge in [0.1, 0.15) is 0 Å². The molecule has 1 N–H and O–H groups in total. The first-order valence-electron chi connectivity index (χ1n) is 4.55. The summed E-state index contributed by atoms with van der Waals surface area (Å²) < 4.78 is 0. The van der Waals surface area contributed by atoms with E-state index < -0.39 is 0 Å². The summed E-state index contributed by atoms with van der Waals surface area (Å²) in [5, 5.41) is 7.70. The van der Waals surface area contributed by atoms with Crippen molar-refractivity contribution >= 4 is 19.5 Å². The summed E-state index contributed by atoms with van der Waals surface area (Å²) in [5.74, 6) is 0.444. The molecule has 5 heteroatoms. The summed E-state index contributed by atoms with van der Waals surface area (Å²) in [6, 6.07) is 0. The van der Waals surface area contributed by atoms with Gasteiger partial charge in [-0.1, -0.05) is 6.58 Å². The zero-order valence-electron chi connectivity index (χ0n) is 8.42. The second-order valence-electron chi connectivity index (χ2n) is 3.47. The number of likely N-dealkylation sites (N-methyl/N-ethyl adjacent to an activating group) is 1. The molecule has 0 aromatic carbocycles. The van der Waals surface area contributed by atoms with E-state index in [9.17, 15) is 4.79 Å². The Kier molecular flexibility index (Phi) is 3.33.